The van der Waals surface area contributed by atoms with Crippen LogP contribution in [0, 0.1) is 6.92 Å². The van der Waals surface area contributed by atoms with Crippen LogP contribution < -0.4 is 0 Å². The van der Waals surface area contributed by atoms with Gasteiger partial charge in [0, 0.05) is 0 Å². The molecule has 18 heavy (non-hydrogen) atoms. The molecule has 1 aromatic rings. The maximum atomic E-state index is 11.6. The average molecular weight is 245 g/mol. The van der Waals surface area contributed by atoms with E-state index in [-0.39, 0.29) is 0 Å². The first kappa shape index (κ1) is 14.2. The molecule has 0 atom stereocenters. The number of hydrogen-bond donors (Lipinski definition) is 0. The molecule has 96 valence electrons. The van der Waals surface area contributed by atoms with E-state index in [1.54, 1.807) is 6.08 Å². The number of allylic oxidation sites excluding steroid dienone is 1. The van der Waals surface area contributed by atoms with E-state index in [9.17, 15) is 4.79 Å². The van der Waals surface area contributed by atoms with Crippen LogP contribution in [0.4, 0.5) is 5.69 Å². The summed E-state index contributed by atoms with van der Waals surface area (Å²) in [6.07, 6.45) is 5.62. The van der Waals surface area contributed by atoms with Gasteiger partial charge in [0.05, 0.1) is 12.8 Å². The molecule has 0 spiro atoms. The highest BCUT2D eigenvalue weighted by molar-refractivity contribution is 6.41. The minimum Gasteiger partial charge on any atom is -0.464 e. The fraction of sp³-hybridized carbons (Fsp3) is 0.333. The van der Waals surface area contributed by atoms with E-state index in [2.05, 4.69) is 11.9 Å². The van der Waals surface area contributed by atoms with Gasteiger partial charge in [-0.25, -0.2) is 9.79 Å². The number of hydrogen-bond acceptors (Lipinski definition) is 3. The maximum Gasteiger partial charge on any atom is 0.356 e. The van der Waals surface area contributed by atoms with E-state index in [0.29, 0.717) is 5.71 Å². The number of methoxy groups -OCH3 is 1. The van der Waals surface area contributed by atoms with Crippen LogP contribution in [-0.4, -0.2) is 18.8 Å². The first-order valence-electron chi connectivity index (χ1n) is 6.08. The Morgan fingerprint density at radius 2 is 2.11 bits per heavy atom. The Kier molecular flexibility index (Phi) is 5.85. The van der Waals surface area contributed by atoms with Gasteiger partial charge in [-0.1, -0.05) is 37.6 Å². The van der Waals surface area contributed by atoms with Crippen molar-refractivity contribution in [3.8, 4) is 0 Å². The zero-order valence-electron chi connectivity index (χ0n) is 11.1. The molecule has 1 aromatic carbocycles. The number of carbonyl (C=O) groups is 1. The Morgan fingerprint density at radius 3 is 2.72 bits per heavy atom. The monoisotopic (exact) mass is 245 g/mol. The quantitative estimate of drug-likeness (QED) is 0.587. The van der Waals surface area contributed by atoms with Gasteiger partial charge < -0.3 is 4.74 Å². The van der Waals surface area contributed by atoms with E-state index in [1.165, 1.54) is 7.11 Å². The molecule has 0 aliphatic carbocycles. The minimum absolute atomic E-state index is 0.334. The molecule has 0 saturated carbocycles. The van der Waals surface area contributed by atoms with Gasteiger partial charge in [0.15, 0.2) is 0 Å². The van der Waals surface area contributed by atoms with Gasteiger partial charge in [-0.3, -0.25) is 0 Å². The Morgan fingerprint density at radius 1 is 1.39 bits per heavy atom. The van der Waals surface area contributed by atoms with Crippen LogP contribution in [0.15, 0.2) is 41.4 Å². The summed E-state index contributed by atoms with van der Waals surface area (Å²) < 4.78 is 4.73. The second-order valence-electron chi connectivity index (χ2n) is 3.97. The predicted octanol–water partition coefficient (Wildman–Crippen LogP) is 3.60. The van der Waals surface area contributed by atoms with Gasteiger partial charge in [0.1, 0.15) is 5.71 Å². The third-order valence-corrected chi connectivity index (χ3v) is 2.48. The second kappa shape index (κ2) is 7.43. The molecule has 0 unspecified atom stereocenters. The summed E-state index contributed by atoms with van der Waals surface area (Å²) in [5.74, 6) is -0.411. The zero-order chi connectivity index (χ0) is 13.4. The van der Waals surface area contributed by atoms with Gasteiger partial charge in [-0.05, 0) is 31.1 Å². The van der Waals surface area contributed by atoms with Crippen molar-refractivity contribution in [1.82, 2.24) is 0 Å². The largest absolute Gasteiger partial charge is 0.464 e. The third kappa shape index (κ3) is 4.17. The first-order valence-corrected chi connectivity index (χ1v) is 6.08. The molecule has 0 fully saturated rings. The molecule has 0 amide bonds. The molecule has 3 heteroatoms. The van der Waals surface area contributed by atoms with E-state index < -0.39 is 5.97 Å². The van der Waals surface area contributed by atoms with Gasteiger partial charge in [0.25, 0.3) is 0 Å². The number of nitrogens with zero attached hydrogens (tertiary/aromatic N) is 1. The SMILES string of the molecule is CCC/C=C/C(=Nc1ccccc1C)C(=O)OC. The number of para-hydroxylation sites is 1. The first-order chi connectivity index (χ1) is 8.69. The summed E-state index contributed by atoms with van der Waals surface area (Å²) in [6.45, 7) is 4.05. The van der Waals surface area contributed by atoms with E-state index in [4.69, 9.17) is 4.74 Å². The third-order valence-electron chi connectivity index (χ3n) is 2.48. The van der Waals surface area contributed by atoms with Crippen LogP contribution in [0.2, 0.25) is 0 Å². The summed E-state index contributed by atoms with van der Waals surface area (Å²) in [5, 5.41) is 0. The topological polar surface area (TPSA) is 38.7 Å². The molecule has 0 bridgehead atoms. The van der Waals surface area contributed by atoms with Crippen molar-refractivity contribution in [3.63, 3.8) is 0 Å². The summed E-state index contributed by atoms with van der Waals surface area (Å²) >= 11 is 0. The number of carbonyl (C=O) groups excluding carboxylic acids is 1. The molecular formula is C15H19NO2. The number of aliphatic imine (C=N–C) groups is 1. The lowest BCUT2D eigenvalue weighted by Gasteiger charge is -2.02. The number of aryl methyl sites for hydroxylation is 1. The summed E-state index contributed by atoms with van der Waals surface area (Å²) in [4.78, 5) is 16.0. The lowest BCUT2D eigenvalue weighted by molar-refractivity contribution is -0.132. The Bertz CT molecular complexity index is 461. The van der Waals surface area contributed by atoms with Crippen LogP contribution in [-0.2, 0) is 9.53 Å². The van der Waals surface area contributed by atoms with Crippen molar-refractivity contribution in [2.24, 2.45) is 4.99 Å². The standard InChI is InChI=1S/C15H19NO2/c1-4-5-6-11-14(15(17)18-3)16-13-10-8-7-9-12(13)2/h6-11H,4-5H2,1-3H3/b11-6+,16-14?. The van der Waals surface area contributed by atoms with Gasteiger partial charge in [-0.15, -0.1) is 0 Å². The molecule has 0 aromatic heterocycles. The van der Waals surface area contributed by atoms with Crippen molar-refractivity contribution < 1.29 is 9.53 Å². The van der Waals surface area contributed by atoms with Gasteiger partial charge in [-0.2, -0.15) is 0 Å². The van der Waals surface area contributed by atoms with Crippen molar-refractivity contribution in [3.05, 3.63) is 42.0 Å². The highest BCUT2D eigenvalue weighted by Gasteiger charge is 2.08. The Hall–Kier alpha value is -1.90. The number of ether oxygens (including phenoxy) is 1. The lowest BCUT2D eigenvalue weighted by atomic mass is 10.2. The van der Waals surface area contributed by atoms with Crippen LogP contribution in [0.25, 0.3) is 0 Å². The zero-order valence-corrected chi connectivity index (χ0v) is 11.1. The van der Waals surface area contributed by atoms with E-state index in [1.807, 2.05) is 37.3 Å². The predicted molar refractivity (Wildman–Crippen MR) is 74.3 cm³/mol. The fourth-order valence-electron chi connectivity index (χ4n) is 1.44. The van der Waals surface area contributed by atoms with E-state index >= 15 is 0 Å². The van der Waals surface area contributed by atoms with Crippen molar-refractivity contribution >= 4 is 17.4 Å². The van der Waals surface area contributed by atoms with Crippen LogP contribution in [0.5, 0.6) is 0 Å². The van der Waals surface area contributed by atoms with Crippen molar-refractivity contribution in [2.45, 2.75) is 26.7 Å². The van der Waals surface area contributed by atoms with Crippen molar-refractivity contribution in [1.29, 1.82) is 0 Å². The van der Waals surface area contributed by atoms with Gasteiger partial charge in [0.2, 0.25) is 0 Å². The minimum atomic E-state index is -0.411. The molecule has 0 aliphatic rings. The molecule has 0 saturated heterocycles. The van der Waals surface area contributed by atoms with Crippen LogP contribution in [0.3, 0.4) is 0 Å². The van der Waals surface area contributed by atoms with Crippen molar-refractivity contribution in [2.75, 3.05) is 7.11 Å². The highest BCUT2D eigenvalue weighted by atomic mass is 16.5. The molecule has 0 aliphatic heterocycles. The van der Waals surface area contributed by atoms with E-state index in [0.717, 1.165) is 24.1 Å². The smallest absolute Gasteiger partial charge is 0.356 e. The fourth-order valence-corrected chi connectivity index (χ4v) is 1.44. The summed E-state index contributed by atoms with van der Waals surface area (Å²) in [5.41, 5.74) is 2.15. The number of unbranched alkanes of at least 4 members (excludes halogenated alkanes) is 1. The number of rotatable bonds is 5. The molecular weight excluding hydrogens is 226 g/mol. The summed E-state index contributed by atoms with van der Waals surface area (Å²) in [6, 6.07) is 7.69. The molecule has 1 rings (SSSR count). The van der Waals surface area contributed by atoms with Gasteiger partial charge >= 0.3 is 5.97 Å². The molecule has 0 heterocycles. The summed E-state index contributed by atoms with van der Waals surface area (Å²) in [7, 11) is 1.36. The molecule has 0 radical (unpaired) electrons. The van der Waals surface area contributed by atoms with Crippen LogP contribution in [0.1, 0.15) is 25.3 Å². The second-order valence-corrected chi connectivity index (χ2v) is 3.97. The number of esters is 1. The molecule has 0 N–H and O–H groups in total. The normalized spacial score (nSPS) is 11.8. The highest BCUT2D eigenvalue weighted by Crippen LogP contribution is 2.17. The number of benzene rings is 1. The lowest BCUT2D eigenvalue weighted by Crippen LogP contribution is -2.13. The van der Waals surface area contributed by atoms with Crippen LogP contribution >= 0.6 is 0 Å². The average Bonchev–Trinajstić information content (AvgIpc) is 2.39. The maximum absolute atomic E-state index is 11.6. The molecule has 3 nitrogen and oxygen atoms in total. The Labute approximate surface area is 108 Å². The Balaban J connectivity index is 3.03.